The molecule has 19 heavy (non-hydrogen) atoms. The average molecular weight is 276 g/mol. The molecule has 6 heteroatoms. The highest BCUT2D eigenvalue weighted by molar-refractivity contribution is 5.49. The third kappa shape index (κ3) is 3.00. The zero-order chi connectivity index (χ0) is 14.3. The van der Waals surface area contributed by atoms with Crippen LogP contribution in [0.15, 0.2) is 18.2 Å². The van der Waals surface area contributed by atoms with E-state index in [1.54, 1.807) is 0 Å². The zero-order valence-electron chi connectivity index (χ0n) is 10.5. The molecule has 0 saturated heterocycles. The number of hydrogen-bond acceptors (Lipinski definition) is 2. The van der Waals surface area contributed by atoms with E-state index in [0.29, 0.717) is 18.5 Å². The maximum atomic E-state index is 13.7. The van der Waals surface area contributed by atoms with Gasteiger partial charge in [0.05, 0.1) is 11.3 Å². The highest BCUT2D eigenvalue weighted by Crippen LogP contribution is 2.41. The summed E-state index contributed by atoms with van der Waals surface area (Å²) in [5.74, 6) is -0.561. The van der Waals surface area contributed by atoms with Gasteiger partial charge in [0.2, 0.25) is 0 Å². The van der Waals surface area contributed by atoms with Crippen LogP contribution in [0.5, 0.6) is 0 Å². The van der Waals surface area contributed by atoms with Crippen molar-refractivity contribution in [2.75, 3.05) is 11.9 Å². The Labute approximate surface area is 109 Å². The molecule has 2 rings (SSSR count). The van der Waals surface area contributed by atoms with Crippen molar-refractivity contribution in [1.82, 2.24) is 0 Å². The molecule has 0 spiro atoms. The minimum Gasteiger partial charge on any atom is -0.376 e. The van der Waals surface area contributed by atoms with Crippen LogP contribution >= 0.6 is 0 Å². The first-order valence-electron chi connectivity index (χ1n) is 6.11. The van der Waals surface area contributed by atoms with Crippen molar-refractivity contribution in [3.05, 3.63) is 29.6 Å². The molecule has 0 aliphatic heterocycles. The van der Waals surface area contributed by atoms with Crippen LogP contribution in [0.25, 0.3) is 0 Å². The van der Waals surface area contributed by atoms with E-state index in [4.69, 9.17) is 5.73 Å². The lowest BCUT2D eigenvalue weighted by Crippen LogP contribution is -2.44. The number of anilines is 1. The number of benzene rings is 1. The molecule has 1 fully saturated rings. The first-order chi connectivity index (χ1) is 8.76. The average Bonchev–Trinajstić information content (AvgIpc) is 3.14. The summed E-state index contributed by atoms with van der Waals surface area (Å²) in [5.41, 5.74) is 4.28. The van der Waals surface area contributed by atoms with Gasteiger partial charge in [0.15, 0.2) is 0 Å². The predicted octanol–water partition coefficient (Wildman–Crippen LogP) is 3.38. The maximum Gasteiger partial charge on any atom is 0.416 e. The molecule has 0 bridgehead atoms. The first-order valence-corrected chi connectivity index (χ1v) is 6.11. The van der Waals surface area contributed by atoms with Gasteiger partial charge in [-0.1, -0.05) is 0 Å². The summed E-state index contributed by atoms with van der Waals surface area (Å²) in [4.78, 5) is 0. The van der Waals surface area contributed by atoms with E-state index < -0.39 is 23.1 Å². The van der Waals surface area contributed by atoms with Crippen LogP contribution in [0.1, 0.15) is 25.3 Å². The van der Waals surface area contributed by atoms with Crippen molar-refractivity contribution in [2.45, 2.75) is 31.5 Å². The normalized spacial score (nSPS) is 19.1. The molecule has 1 aromatic carbocycles. The van der Waals surface area contributed by atoms with Gasteiger partial charge in [-0.05, 0) is 43.9 Å². The molecule has 0 aromatic heterocycles. The van der Waals surface area contributed by atoms with Gasteiger partial charge in [-0.25, -0.2) is 4.39 Å². The van der Waals surface area contributed by atoms with E-state index >= 15 is 0 Å². The van der Waals surface area contributed by atoms with Crippen LogP contribution in [-0.4, -0.2) is 12.1 Å². The van der Waals surface area contributed by atoms with Crippen LogP contribution in [-0.2, 0) is 6.18 Å². The maximum absolute atomic E-state index is 13.7. The van der Waals surface area contributed by atoms with E-state index in [2.05, 4.69) is 5.32 Å². The van der Waals surface area contributed by atoms with E-state index in [1.807, 2.05) is 6.92 Å². The van der Waals surface area contributed by atoms with E-state index in [9.17, 15) is 17.6 Å². The van der Waals surface area contributed by atoms with Crippen LogP contribution in [0.2, 0.25) is 0 Å². The number of rotatable bonds is 4. The second-order valence-corrected chi connectivity index (χ2v) is 5.21. The second-order valence-electron chi connectivity index (χ2n) is 5.21. The number of halogens is 4. The monoisotopic (exact) mass is 276 g/mol. The largest absolute Gasteiger partial charge is 0.416 e. The lowest BCUT2D eigenvalue weighted by molar-refractivity contribution is -0.137. The Balaban J connectivity index is 2.22. The van der Waals surface area contributed by atoms with Crippen molar-refractivity contribution in [2.24, 2.45) is 11.7 Å². The van der Waals surface area contributed by atoms with Crippen LogP contribution in [0, 0.1) is 11.7 Å². The SMILES string of the molecule is CC(CN)(Nc1ccc(C(F)(F)F)cc1F)C1CC1. The topological polar surface area (TPSA) is 38.0 Å². The van der Waals surface area contributed by atoms with E-state index in [1.165, 1.54) is 0 Å². The molecule has 1 atom stereocenters. The quantitative estimate of drug-likeness (QED) is 0.827. The Morgan fingerprint density at radius 1 is 1.32 bits per heavy atom. The summed E-state index contributed by atoms with van der Waals surface area (Å²) >= 11 is 0. The first kappa shape index (κ1) is 14.1. The molecule has 1 aromatic rings. The van der Waals surface area contributed by atoms with Gasteiger partial charge in [-0.15, -0.1) is 0 Å². The van der Waals surface area contributed by atoms with Crippen LogP contribution < -0.4 is 11.1 Å². The van der Waals surface area contributed by atoms with Gasteiger partial charge < -0.3 is 11.1 Å². The Kier molecular flexibility index (Phi) is 3.47. The van der Waals surface area contributed by atoms with Crippen LogP contribution in [0.3, 0.4) is 0 Å². The minimum absolute atomic E-state index is 0.0628. The molecule has 0 heterocycles. The summed E-state index contributed by atoms with van der Waals surface area (Å²) in [7, 11) is 0. The van der Waals surface area contributed by atoms with Gasteiger partial charge >= 0.3 is 6.18 Å². The summed E-state index contributed by atoms with van der Waals surface area (Å²) in [6.45, 7) is 2.17. The van der Waals surface area contributed by atoms with Crippen molar-refractivity contribution in [3.8, 4) is 0 Å². The molecular weight excluding hydrogens is 260 g/mol. The second kappa shape index (κ2) is 4.67. The standard InChI is InChI=1S/C13H16F4N2/c1-12(7-18,8-2-3-8)19-11-5-4-9(6-10(11)14)13(15,16)17/h4-6,8,19H,2-3,7,18H2,1H3. The Morgan fingerprint density at radius 3 is 2.37 bits per heavy atom. The third-order valence-electron chi connectivity index (χ3n) is 3.62. The molecule has 1 saturated carbocycles. The number of nitrogens with one attached hydrogen (secondary N) is 1. The molecule has 106 valence electrons. The summed E-state index contributed by atoms with van der Waals surface area (Å²) in [6, 6.07) is 2.50. The van der Waals surface area contributed by atoms with Crippen LogP contribution in [0.4, 0.5) is 23.2 Å². The molecule has 1 aliphatic rings. The molecule has 1 unspecified atom stereocenters. The Bertz CT molecular complexity index is 468. The third-order valence-corrected chi connectivity index (χ3v) is 3.62. The zero-order valence-corrected chi connectivity index (χ0v) is 10.5. The van der Waals surface area contributed by atoms with Crippen molar-refractivity contribution < 1.29 is 17.6 Å². The highest BCUT2D eigenvalue weighted by atomic mass is 19.4. The summed E-state index contributed by atoms with van der Waals surface area (Å²) in [6.07, 6.45) is -2.53. The fourth-order valence-corrected chi connectivity index (χ4v) is 2.14. The lowest BCUT2D eigenvalue weighted by atomic mass is 9.95. The number of alkyl halides is 3. The summed E-state index contributed by atoms with van der Waals surface area (Å²) in [5, 5.41) is 2.95. The minimum atomic E-state index is -4.53. The molecule has 1 aliphatic carbocycles. The van der Waals surface area contributed by atoms with Crippen molar-refractivity contribution in [1.29, 1.82) is 0 Å². The smallest absolute Gasteiger partial charge is 0.376 e. The Hall–Kier alpha value is -1.30. The predicted molar refractivity (Wildman–Crippen MR) is 65.2 cm³/mol. The number of hydrogen-bond donors (Lipinski definition) is 2. The molecular formula is C13H16F4N2. The fraction of sp³-hybridized carbons (Fsp3) is 0.538. The van der Waals surface area contributed by atoms with Gasteiger partial charge in [0, 0.05) is 12.1 Å². The fourth-order valence-electron chi connectivity index (χ4n) is 2.14. The van der Waals surface area contributed by atoms with E-state index in [0.717, 1.165) is 25.0 Å². The van der Waals surface area contributed by atoms with Gasteiger partial charge in [0.1, 0.15) is 5.82 Å². The van der Waals surface area contributed by atoms with Gasteiger partial charge in [0.25, 0.3) is 0 Å². The molecule has 0 amide bonds. The van der Waals surface area contributed by atoms with Crippen molar-refractivity contribution >= 4 is 5.69 Å². The molecule has 0 radical (unpaired) electrons. The van der Waals surface area contributed by atoms with E-state index in [-0.39, 0.29) is 5.69 Å². The van der Waals surface area contributed by atoms with Gasteiger partial charge in [-0.2, -0.15) is 13.2 Å². The lowest BCUT2D eigenvalue weighted by Gasteiger charge is -2.31. The number of nitrogens with two attached hydrogens (primary N) is 1. The van der Waals surface area contributed by atoms with Gasteiger partial charge in [-0.3, -0.25) is 0 Å². The van der Waals surface area contributed by atoms with Crippen molar-refractivity contribution in [3.63, 3.8) is 0 Å². The summed E-state index contributed by atoms with van der Waals surface area (Å²) < 4.78 is 51.0. The molecule has 2 nitrogen and oxygen atoms in total. The highest BCUT2D eigenvalue weighted by Gasteiger charge is 2.41. The Morgan fingerprint density at radius 2 is 1.95 bits per heavy atom. The molecule has 3 N–H and O–H groups in total.